The summed E-state index contributed by atoms with van der Waals surface area (Å²) >= 11 is 1.43. The van der Waals surface area contributed by atoms with Crippen LogP contribution in [0.3, 0.4) is 0 Å². The van der Waals surface area contributed by atoms with Gasteiger partial charge in [-0.1, -0.05) is 6.07 Å². The van der Waals surface area contributed by atoms with Gasteiger partial charge in [0.2, 0.25) is 5.91 Å². The summed E-state index contributed by atoms with van der Waals surface area (Å²) < 4.78 is 40.1. The summed E-state index contributed by atoms with van der Waals surface area (Å²) in [6.45, 7) is 0. The first kappa shape index (κ1) is 14.7. The topological polar surface area (TPSA) is 51.2 Å². The van der Waals surface area contributed by atoms with E-state index >= 15 is 0 Å². The summed E-state index contributed by atoms with van der Waals surface area (Å²) in [4.78, 5) is 16.3. The number of carbonyl (C=O) groups is 1. The van der Waals surface area contributed by atoms with Crippen molar-refractivity contribution in [1.82, 2.24) is 4.98 Å². The molecule has 1 amide bonds. The molecule has 2 heterocycles. The maximum absolute atomic E-state index is 12.1. The molecule has 3 rings (SSSR count). The Morgan fingerprint density at radius 3 is 2.73 bits per heavy atom. The zero-order valence-electron chi connectivity index (χ0n) is 11.0. The Bertz CT molecular complexity index is 717. The van der Waals surface area contributed by atoms with Gasteiger partial charge in [-0.15, -0.1) is 24.9 Å². The van der Waals surface area contributed by atoms with E-state index in [1.165, 1.54) is 23.9 Å². The second-order valence-corrected chi connectivity index (χ2v) is 5.49. The van der Waals surface area contributed by atoms with Crippen molar-refractivity contribution in [2.75, 3.05) is 11.1 Å². The Hall–Kier alpha value is -2.22. The number of anilines is 1. The number of nitrogens with zero attached hydrogens (tertiary/aromatic N) is 1. The molecule has 0 unspecified atom stereocenters. The number of alkyl halides is 3. The molecule has 0 spiro atoms. The van der Waals surface area contributed by atoms with Crippen LogP contribution in [-0.2, 0) is 4.79 Å². The van der Waals surface area contributed by atoms with Crippen LogP contribution in [0, 0.1) is 0 Å². The lowest BCUT2D eigenvalue weighted by atomic mass is 10.1. The van der Waals surface area contributed by atoms with Crippen LogP contribution in [0.15, 0.2) is 41.4 Å². The van der Waals surface area contributed by atoms with Crippen molar-refractivity contribution in [3.63, 3.8) is 0 Å². The standard InChI is InChI=1S/C14H9F3N2O2S/c15-14(16,17)21-9-2-3-10(18-6-9)8-1-4-12-11(5-8)19-13(20)7-22-12/h1-6H,7H2,(H,19,20). The molecule has 0 bridgehead atoms. The molecule has 1 aliphatic heterocycles. The number of halogens is 3. The average Bonchev–Trinajstić information content (AvgIpc) is 2.45. The Morgan fingerprint density at radius 1 is 1.23 bits per heavy atom. The van der Waals surface area contributed by atoms with Crippen LogP contribution in [0.4, 0.5) is 18.9 Å². The summed E-state index contributed by atoms with van der Waals surface area (Å²) in [6, 6.07) is 8.02. The number of pyridine rings is 1. The van der Waals surface area contributed by atoms with Crippen LogP contribution < -0.4 is 10.1 Å². The highest BCUT2D eigenvalue weighted by molar-refractivity contribution is 8.00. The van der Waals surface area contributed by atoms with Crippen molar-refractivity contribution in [1.29, 1.82) is 0 Å². The number of rotatable bonds is 2. The van der Waals surface area contributed by atoms with Gasteiger partial charge in [0.05, 0.1) is 23.3 Å². The summed E-state index contributed by atoms with van der Waals surface area (Å²) in [7, 11) is 0. The number of amides is 1. The molecule has 22 heavy (non-hydrogen) atoms. The zero-order valence-corrected chi connectivity index (χ0v) is 11.8. The smallest absolute Gasteiger partial charge is 0.404 e. The molecule has 2 aromatic rings. The third-order valence-electron chi connectivity index (χ3n) is 2.88. The number of benzene rings is 1. The summed E-state index contributed by atoms with van der Waals surface area (Å²) in [6.07, 6.45) is -3.73. The molecule has 0 saturated carbocycles. The normalized spacial score (nSPS) is 14.2. The van der Waals surface area contributed by atoms with Crippen LogP contribution in [0.25, 0.3) is 11.3 Å². The predicted octanol–water partition coefficient (Wildman–Crippen LogP) is 3.69. The van der Waals surface area contributed by atoms with E-state index < -0.39 is 6.36 Å². The van der Waals surface area contributed by atoms with E-state index in [-0.39, 0.29) is 11.7 Å². The van der Waals surface area contributed by atoms with Gasteiger partial charge in [-0.2, -0.15) is 0 Å². The molecule has 1 aromatic carbocycles. The minimum absolute atomic E-state index is 0.0865. The van der Waals surface area contributed by atoms with Crippen LogP contribution in [0.1, 0.15) is 0 Å². The SMILES string of the molecule is O=C1CSc2ccc(-c3ccc(OC(F)(F)F)cn3)cc2N1. The molecule has 0 fully saturated rings. The van der Waals surface area contributed by atoms with Gasteiger partial charge in [-0.25, -0.2) is 0 Å². The third-order valence-corrected chi connectivity index (χ3v) is 3.95. The molecular formula is C14H9F3N2O2S. The first-order valence-corrected chi connectivity index (χ1v) is 7.18. The third kappa shape index (κ3) is 3.33. The first-order valence-electron chi connectivity index (χ1n) is 6.19. The Labute approximate surface area is 127 Å². The van der Waals surface area contributed by atoms with E-state index in [1.54, 1.807) is 12.1 Å². The fourth-order valence-corrected chi connectivity index (χ4v) is 2.78. The molecule has 1 N–H and O–H groups in total. The van der Waals surface area contributed by atoms with Gasteiger partial charge >= 0.3 is 6.36 Å². The lowest BCUT2D eigenvalue weighted by Gasteiger charge is -2.17. The minimum Gasteiger partial charge on any atom is -0.404 e. The summed E-state index contributed by atoms with van der Waals surface area (Å²) in [5, 5.41) is 2.75. The number of ether oxygens (including phenoxy) is 1. The highest BCUT2D eigenvalue weighted by Crippen LogP contribution is 2.34. The highest BCUT2D eigenvalue weighted by Gasteiger charge is 2.31. The van der Waals surface area contributed by atoms with E-state index in [4.69, 9.17) is 0 Å². The van der Waals surface area contributed by atoms with Crippen LogP contribution >= 0.6 is 11.8 Å². The lowest BCUT2D eigenvalue weighted by molar-refractivity contribution is -0.274. The molecule has 114 valence electrons. The van der Waals surface area contributed by atoms with Gasteiger partial charge in [-0.05, 0) is 24.3 Å². The quantitative estimate of drug-likeness (QED) is 0.914. The van der Waals surface area contributed by atoms with Gasteiger partial charge < -0.3 is 10.1 Å². The number of carbonyl (C=O) groups excluding carboxylic acids is 1. The number of thioether (sulfide) groups is 1. The van der Waals surface area contributed by atoms with E-state index in [2.05, 4.69) is 15.0 Å². The van der Waals surface area contributed by atoms with Gasteiger partial charge in [-0.3, -0.25) is 9.78 Å². The number of nitrogens with one attached hydrogen (secondary N) is 1. The van der Waals surface area contributed by atoms with E-state index in [9.17, 15) is 18.0 Å². The second kappa shape index (κ2) is 5.53. The summed E-state index contributed by atoms with van der Waals surface area (Å²) in [5.41, 5.74) is 1.86. The number of aromatic nitrogens is 1. The van der Waals surface area contributed by atoms with Gasteiger partial charge in [0.25, 0.3) is 0 Å². The molecule has 0 radical (unpaired) electrons. The van der Waals surface area contributed by atoms with Crippen LogP contribution in [-0.4, -0.2) is 23.0 Å². The predicted molar refractivity (Wildman–Crippen MR) is 75.7 cm³/mol. The Morgan fingerprint density at radius 2 is 2.05 bits per heavy atom. The minimum atomic E-state index is -4.74. The number of hydrogen-bond donors (Lipinski definition) is 1. The van der Waals surface area contributed by atoms with E-state index in [0.717, 1.165) is 11.1 Å². The highest BCUT2D eigenvalue weighted by atomic mass is 32.2. The fraction of sp³-hybridized carbons (Fsp3) is 0.143. The van der Waals surface area contributed by atoms with E-state index in [1.807, 2.05) is 6.07 Å². The molecule has 8 heteroatoms. The van der Waals surface area contributed by atoms with Gasteiger partial charge in [0, 0.05) is 10.5 Å². The molecular weight excluding hydrogens is 317 g/mol. The molecule has 0 aliphatic carbocycles. The molecule has 1 aliphatic rings. The maximum atomic E-state index is 12.1. The van der Waals surface area contributed by atoms with E-state index in [0.29, 0.717) is 22.7 Å². The first-order chi connectivity index (χ1) is 10.4. The second-order valence-electron chi connectivity index (χ2n) is 4.47. The number of hydrogen-bond acceptors (Lipinski definition) is 4. The Kier molecular flexibility index (Phi) is 3.69. The molecule has 4 nitrogen and oxygen atoms in total. The van der Waals surface area contributed by atoms with Crippen LogP contribution in [0.2, 0.25) is 0 Å². The fourth-order valence-electron chi connectivity index (χ4n) is 1.99. The zero-order chi connectivity index (χ0) is 15.7. The Balaban J connectivity index is 1.85. The average molecular weight is 326 g/mol. The van der Waals surface area contributed by atoms with Crippen molar-refractivity contribution >= 4 is 23.4 Å². The molecule has 0 saturated heterocycles. The van der Waals surface area contributed by atoms with Crippen molar-refractivity contribution in [3.8, 4) is 17.0 Å². The molecule has 0 atom stereocenters. The van der Waals surface area contributed by atoms with Crippen molar-refractivity contribution in [2.24, 2.45) is 0 Å². The molecule has 1 aromatic heterocycles. The van der Waals surface area contributed by atoms with Crippen molar-refractivity contribution < 1.29 is 22.7 Å². The van der Waals surface area contributed by atoms with Crippen LogP contribution in [0.5, 0.6) is 5.75 Å². The largest absolute Gasteiger partial charge is 0.573 e. The lowest BCUT2D eigenvalue weighted by Crippen LogP contribution is -2.18. The summed E-state index contributed by atoms with van der Waals surface area (Å²) in [5.74, 6) is -0.0942. The monoisotopic (exact) mass is 326 g/mol. The van der Waals surface area contributed by atoms with Gasteiger partial charge in [0.15, 0.2) is 0 Å². The number of fused-ring (bicyclic) bond motifs is 1. The van der Waals surface area contributed by atoms with Crippen molar-refractivity contribution in [3.05, 3.63) is 36.5 Å². The van der Waals surface area contributed by atoms with Crippen molar-refractivity contribution in [2.45, 2.75) is 11.3 Å². The van der Waals surface area contributed by atoms with Gasteiger partial charge in [0.1, 0.15) is 5.75 Å². The maximum Gasteiger partial charge on any atom is 0.573 e.